The van der Waals surface area contributed by atoms with Crippen molar-refractivity contribution in [3.05, 3.63) is 32.7 Å². The lowest BCUT2D eigenvalue weighted by molar-refractivity contribution is -0.136. The standard InChI is InChI=1S/C10H10Br2F3N/c11-6-1-2-8(12)7(5-6)9(16)3-4-10(13,14)15/h1-2,5,9H,3-4,16H2/t9-/m1/s1. The fourth-order valence-corrected chi connectivity index (χ4v) is 2.19. The quantitative estimate of drug-likeness (QED) is 0.840. The van der Waals surface area contributed by atoms with Gasteiger partial charge in [-0.15, -0.1) is 0 Å². The Morgan fingerprint density at radius 2 is 1.88 bits per heavy atom. The highest BCUT2D eigenvalue weighted by Gasteiger charge is 2.28. The van der Waals surface area contributed by atoms with E-state index in [0.29, 0.717) is 5.56 Å². The summed E-state index contributed by atoms with van der Waals surface area (Å²) in [6, 6.07) is 4.66. The molecule has 0 saturated carbocycles. The van der Waals surface area contributed by atoms with E-state index in [1.54, 1.807) is 18.2 Å². The van der Waals surface area contributed by atoms with E-state index in [9.17, 15) is 13.2 Å². The van der Waals surface area contributed by atoms with Crippen LogP contribution in [0.2, 0.25) is 0 Å². The van der Waals surface area contributed by atoms with Crippen molar-refractivity contribution < 1.29 is 13.2 Å². The highest BCUT2D eigenvalue weighted by molar-refractivity contribution is 9.11. The molecule has 0 heterocycles. The SMILES string of the molecule is N[C@H](CCC(F)(F)F)c1cc(Br)ccc1Br. The molecule has 1 atom stereocenters. The summed E-state index contributed by atoms with van der Waals surface area (Å²) in [5.41, 5.74) is 6.40. The summed E-state index contributed by atoms with van der Waals surface area (Å²) in [6.45, 7) is 0. The van der Waals surface area contributed by atoms with Crippen LogP contribution >= 0.6 is 31.9 Å². The van der Waals surface area contributed by atoms with Crippen molar-refractivity contribution in [2.24, 2.45) is 5.73 Å². The van der Waals surface area contributed by atoms with Gasteiger partial charge in [0.25, 0.3) is 0 Å². The normalized spacial score (nSPS) is 13.9. The molecule has 0 aliphatic heterocycles. The molecule has 1 aromatic rings. The third kappa shape index (κ3) is 4.43. The average Bonchev–Trinajstić information content (AvgIpc) is 2.17. The van der Waals surface area contributed by atoms with Crippen LogP contribution in [-0.2, 0) is 0 Å². The van der Waals surface area contributed by atoms with Crippen LogP contribution in [0.5, 0.6) is 0 Å². The Morgan fingerprint density at radius 3 is 2.44 bits per heavy atom. The van der Waals surface area contributed by atoms with Gasteiger partial charge in [-0.2, -0.15) is 13.2 Å². The molecule has 0 spiro atoms. The van der Waals surface area contributed by atoms with Gasteiger partial charge in [0, 0.05) is 21.4 Å². The third-order valence-electron chi connectivity index (χ3n) is 2.10. The van der Waals surface area contributed by atoms with Crippen molar-refractivity contribution in [2.75, 3.05) is 0 Å². The molecule has 1 aromatic carbocycles. The molecule has 0 aliphatic rings. The van der Waals surface area contributed by atoms with Crippen molar-refractivity contribution >= 4 is 31.9 Å². The van der Waals surface area contributed by atoms with Gasteiger partial charge in [-0.3, -0.25) is 0 Å². The second kappa shape index (κ2) is 5.51. The van der Waals surface area contributed by atoms with Crippen LogP contribution in [0.1, 0.15) is 24.4 Å². The zero-order valence-electron chi connectivity index (χ0n) is 8.19. The van der Waals surface area contributed by atoms with E-state index in [0.717, 1.165) is 8.95 Å². The average molecular weight is 361 g/mol. The Morgan fingerprint density at radius 1 is 1.25 bits per heavy atom. The molecule has 1 nitrogen and oxygen atoms in total. The summed E-state index contributed by atoms with van der Waals surface area (Å²) >= 11 is 6.53. The number of hydrogen-bond acceptors (Lipinski definition) is 1. The van der Waals surface area contributed by atoms with Crippen molar-refractivity contribution in [1.29, 1.82) is 0 Å². The number of halogens is 5. The lowest BCUT2D eigenvalue weighted by atomic mass is 10.0. The van der Waals surface area contributed by atoms with Crippen molar-refractivity contribution in [2.45, 2.75) is 25.1 Å². The monoisotopic (exact) mass is 359 g/mol. The Labute approximate surface area is 108 Å². The Kier molecular flexibility index (Phi) is 4.82. The van der Waals surface area contributed by atoms with Gasteiger partial charge in [-0.05, 0) is 30.2 Å². The lowest BCUT2D eigenvalue weighted by Crippen LogP contribution is -2.16. The third-order valence-corrected chi connectivity index (χ3v) is 3.31. The van der Waals surface area contributed by atoms with E-state index in [1.165, 1.54) is 0 Å². The molecule has 0 saturated heterocycles. The maximum atomic E-state index is 12.0. The lowest BCUT2D eigenvalue weighted by Gasteiger charge is -2.15. The van der Waals surface area contributed by atoms with Gasteiger partial charge in [-0.1, -0.05) is 31.9 Å². The Hall–Kier alpha value is -0.0700. The Bertz CT molecular complexity index is 366. The zero-order chi connectivity index (χ0) is 12.3. The fraction of sp³-hybridized carbons (Fsp3) is 0.400. The maximum Gasteiger partial charge on any atom is 0.389 e. The fourth-order valence-electron chi connectivity index (χ4n) is 1.27. The molecule has 0 unspecified atom stereocenters. The maximum absolute atomic E-state index is 12.0. The summed E-state index contributed by atoms with van der Waals surface area (Å²) < 4.78 is 37.6. The largest absolute Gasteiger partial charge is 0.389 e. The van der Waals surface area contributed by atoms with E-state index in [2.05, 4.69) is 31.9 Å². The summed E-state index contributed by atoms with van der Waals surface area (Å²) in [5, 5.41) is 0. The first-order valence-corrected chi connectivity index (χ1v) is 6.15. The predicted octanol–water partition coefficient (Wildman–Crippen LogP) is 4.55. The highest BCUT2D eigenvalue weighted by Crippen LogP contribution is 2.31. The summed E-state index contributed by atoms with van der Waals surface area (Å²) in [7, 11) is 0. The van der Waals surface area contributed by atoms with Crippen LogP contribution in [0.15, 0.2) is 27.1 Å². The number of nitrogens with two attached hydrogens (primary N) is 1. The van der Waals surface area contributed by atoms with Gasteiger partial charge in [0.05, 0.1) is 0 Å². The molecule has 0 fully saturated rings. The van der Waals surface area contributed by atoms with Crippen molar-refractivity contribution in [1.82, 2.24) is 0 Å². The molecule has 90 valence electrons. The minimum absolute atomic E-state index is 0.113. The molecular formula is C10H10Br2F3N. The molecule has 0 aromatic heterocycles. The van der Waals surface area contributed by atoms with Crippen molar-refractivity contribution in [3.63, 3.8) is 0 Å². The van der Waals surface area contributed by atoms with E-state index in [1.807, 2.05) is 0 Å². The van der Waals surface area contributed by atoms with Crippen molar-refractivity contribution in [3.8, 4) is 0 Å². The van der Waals surface area contributed by atoms with Gasteiger partial charge in [-0.25, -0.2) is 0 Å². The number of benzene rings is 1. The number of hydrogen-bond donors (Lipinski definition) is 1. The minimum atomic E-state index is -4.16. The number of alkyl halides is 3. The van der Waals surface area contributed by atoms with E-state index in [4.69, 9.17) is 5.73 Å². The van der Waals surface area contributed by atoms with Gasteiger partial charge in [0.15, 0.2) is 0 Å². The van der Waals surface area contributed by atoms with Crippen LogP contribution in [0.3, 0.4) is 0 Å². The second-order valence-electron chi connectivity index (χ2n) is 3.43. The summed E-state index contributed by atoms with van der Waals surface area (Å²) in [6.07, 6.45) is -5.14. The van der Waals surface area contributed by atoms with E-state index < -0.39 is 18.6 Å². The van der Waals surface area contributed by atoms with Crippen LogP contribution in [0, 0.1) is 0 Å². The molecule has 0 radical (unpaired) electrons. The second-order valence-corrected chi connectivity index (χ2v) is 5.20. The first kappa shape index (κ1) is 14.0. The summed E-state index contributed by atoms with van der Waals surface area (Å²) in [5.74, 6) is 0. The molecule has 0 amide bonds. The van der Waals surface area contributed by atoms with Crippen LogP contribution in [-0.4, -0.2) is 6.18 Å². The van der Waals surface area contributed by atoms with E-state index >= 15 is 0 Å². The molecular weight excluding hydrogens is 351 g/mol. The first-order valence-electron chi connectivity index (χ1n) is 4.57. The molecule has 0 aliphatic carbocycles. The smallest absolute Gasteiger partial charge is 0.324 e. The molecule has 0 bridgehead atoms. The minimum Gasteiger partial charge on any atom is -0.324 e. The molecule has 6 heteroatoms. The van der Waals surface area contributed by atoms with E-state index in [-0.39, 0.29) is 6.42 Å². The van der Waals surface area contributed by atoms with Gasteiger partial charge >= 0.3 is 6.18 Å². The molecule has 16 heavy (non-hydrogen) atoms. The topological polar surface area (TPSA) is 26.0 Å². The number of rotatable bonds is 3. The summed E-state index contributed by atoms with van der Waals surface area (Å²) in [4.78, 5) is 0. The molecule has 2 N–H and O–H groups in total. The van der Waals surface area contributed by atoms with Gasteiger partial charge < -0.3 is 5.73 Å². The first-order chi connectivity index (χ1) is 7.29. The zero-order valence-corrected chi connectivity index (χ0v) is 11.4. The molecule has 1 rings (SSSR count). The van der Waals surface area contributed by atoms with Gasteiger partial charge in [0.2, 0.25) is 0 Å². The van der Waals surface area contributed by atoms with Crippen LogP contribution in [0.4, 0.5) is 13.2 Å². The Balaban J connectivity index is 2.73. The van der Waals surface area contributed by atoms with Crippen LogP contribution in [0.25, 0.3) is 0 Å². The van der Waals surface area contributed by atoms with Gasteiger partial charge in [0.1, 0.15) is 0 Å². The predicted molar refractivity (Wildman–Crippen MR) is 64.1 cm³/mol. The highest BCUT2D eigenvalue weighted by atomic mass is 79.9. The van der Waals surface area contributed by atoms with Crippen LogP contribution < -0.4 is 5.73 Å².